The predicted octanol–water partition coefficient (Wildman–Crippen LogP) is 2.53. The Balaban J connectivity index is 2.20. The average molecular weight is 355 g/mol. The zero-order chi connectivity index (χ0) is 18.0. The van der Waals surface area contributed by atoms with Gasteiger partial charge in [-0.3, -0.25) is 9.78 Å². The van der Waals surface area contributed by atoms with Crippen molar-refractivity contribution < 1.29 is 13.2 Å². The topological polar surface area (TPSA) is 72.3 Å². The van der Waals surface area contributed by atoms with Crippen LogP contribution in [0, 0.1) is 0 Å². The lowest BCUT2D eigenvalue weighted by Crippen LogP contribution is -2.12. The van der Waals surface area contributed by atoms with Crippen molar-refractivity contribution in [3.8, 4) is 0 Å². The van der Waals surface area contributed by atoms with Crippen LogP contribution in [0.15, 0.2) is 72.2 Å². The monoisotopic (exact) mass is 355 g/mol. The van der Waals surface area contributed by atoms with Crippen LogP contribution in [0.5, 0.6) is 0 Å². The zero-order valence-corrected chi connectivity index (χ0v) is 14.6. The number of nitrogens with zero attached hydrogens (tertiary/aromatic N) is 3. The highest BCUT2D eigenvalue weighted by molar-refractivity contribution is 7.90. The lowest BCUT2D eigenvalue weighted by Gasteiger charge is -2.06. The third kappa shape index (κ3) is 3.18. The van der Waals surface area contributed by atoms with Gasteiger partial charge in [0.05, 0.1) is 16.6 Å². The molecular weight excluding hydrogens is 338 g/mol. The second kappa shape index (κ2) is 6.52. The Labute approximate surface area is 146 Å². The van der Waals surface area contributed by atoms with E-state index in [1.165, 1.54) is 36.8 Å². The molecule has 2 aromatic heterocycles. The molecule has 0 saturated carbocycles. The van der Waals surface area contributed by atoms with Crippen molar-refractivity contribution in [2.45, 2.75) is 4.90 Å². The van der Waals surface area contributed by atoms with Crippen molar-refractivity contribution in [3.05, 3.63) is 72.8 Å². The summed E-state index contributed by atoms with van der Waals surface area (Å²) in [5.74, 6) is -0.271. The van der Waals surface area contributed by atoms with Gasteiger partial charge < -0.3 is 4.90 Å². The quantitative estimate of drug-likeness (QED) is 0.519. The van der Waals surface area contributed by atoms with E-state index in [1.807, 2.05) is 0 Å². The zero-order valence-electron chi connectivity index (χ0n) is 13.8. The van der Waals surface area contributed by atoms with Crippen LogP contribution in [0.1, 0.15) is 10.4 Å². The number of ketones is 1. The number of carbonyl (C=O) groups is 1. The fourth-order valence-electron chi connectivity index (χ4n) is 2.45. The van der Waals surface area contributed by atoms with Gasteiger partial charge in [0.2, 0.25) is 0 Å². The fraction of sp³-hybridized carbons (Fsp3) is 0.111. The summed E-state index contributed by atoms with van der Waals surface area (Å²) in [4.78, 5) is 18.4. The molecule has 7 heteroatoms. The van der Waals surface area contributed by atoms with Crippen molar-refractivity contribution >= 4 is 26.7 Å². The van der Waals surface area contributed by atoms with E-state index in [0.29, 0.717) is 16.5 Å². The molecule has 6 nitrogen and oxygen atoms in total. The first-order valence-corrected chi connectivity index (χ1v) is 9.00. The minimum absolute atomic E-state index is 0.151. The van der Waals surface area contributed by atoms with Gasteiger partial charge in [0.25, 0.3) is 10.0 Å². The third-order valence-electron chi connectivity index (χ3n) is 3.66. The van der Waals surface area contributed by atoms with Crippen molar-refractivity contribution in [3.63, 3.8) is 0 Å². The van der Waals surface area contributed by atoms with E-state index in [2.05, 4.69) is 4.98 Å². The van der Waals surface area contributed by atoms with E-state index in [4.69, 9.17) is 0 Å². The molecule has 2 heterocycles. The Morgan fingerprint density at radius 2 is 1.88 bits per heavy atom. The molecule has 0 aliphatic heterocycles. The summed E-state index contributed by atoms with van der Waals surface area (Å²) in [6.07, 6.45) is 7.38. The van der Waals surface area contributed by atoms with Gasteiger partial charge in [0, 0.05) is 49.7 Å². The van der Waals surface area contributed by atoms with Crippen molar-refractivity contribution in [2.24, 2.45) is 0 Å². The van der Waals surface area contributed by atoms with E-state index in [0.717, 1.165) is 3.97 Å². The van der Waals surface area contributed by atoms with Crippen LogP contribution in [0.3, 0.4) is 0 Å². The van der Waals surface area contributed by atoms with Crippen LogP contribution in [0.4, 0.5) is 0 Å². The molecule has 0 aliphatic rings. The minimum atomic E-state index is -3.82. The van der Waals surface area contributed by atoms with E-state index in [1.54, 1.807) is 49.5 Å². The van der Waals surface area contributed by atoms with Gasteiger partial charge in [-0.1, -0.05) is 18.2 Å². The number of fused-ring (bicyclic) bond motifs is 1. The summed E-state index contributed by atoms with van der Waals surface area (Å²) in [5.41, 5.74) is 0.683. The van der Waals surface area contributed by atoms with Crippen molar-refractivity contribution in [2.75, 3.05) is 14.1 Å². The van der Waals surface area contributed by atoms with Crippen LogP contribution in [0.2, 0.25) is 0 Å². The first kappa shape index (κ1) is 16.9. The molecule has 0 amide bonds. The van der Waals surface area contributed by atoms with E-state index in [9.17, 15) is 13.2 Å². The molecule has 0 radical (unpaired) electrons. The maximum Gasteiger partial charge on any atom is 0.268 e. The van der Waals surface area contributed by atoms with Gasteiger partial charge in [-0.25, -0.2) is 12.4 Å². The molecular formula is C18H17N3O3S. The van der Waals surface area contributed by atoms with Gasteiger partial charge in [-0.05, 0) is 18.2 Å². The molecule has 128 valence electrons. The number of pyridine rings is 1. The first-order chi connectivity index (χ1) is 11.9. The highest BCUT2D eigenvalue weighted by Gasteiger charge is 2.22. The summed E-state index contributed by atoms with van der Waals surface area (Å²) in [7, 11) is -0.215. The summed E-state index contributed by atoms with van der Waals surface area (Å²) >= 11 is 0. The van der Waals surface area contributed by atoms with Crippen LogP contribution >= 0.6 is 0 Å². The summed E-state index contributed by atoms with van der Waals surface area (Å²) in [6.45, 7) is 0. The second-order valence-electron chi connectivity index (χ2n) is 5.69. The number of allylic oxidation sites excluding steroid dienone is 1. The van der Waals surface area contributed by atoms with Gasteiger partial charge in [-0.15, -0.1) is 0 Å². The third-order valence-corrected chi connectivity index (χ3v) is 5.35. The van der Waals surface area contributed by atoms with E-state index >= 15 is 0 Å². The Bertz CT molecular complexity index is 1050. The molecule has 0 saturated heterocycles. The number of hydrogen-bond acceptors (Lipinski definition) is 5. The van der Waals surface area contributed by atoms with Gasteiger partial charge in [-0.2, -0.15) is 0 Å². The molecule has 0 N–H and O–H groups in total. The van der Waals surface area contributed by atoms with E-state index in [-0.39, 0.29) is 10.7 Å². The second-order valence-corrected chi connectivity index (χ2v) is 7.51. The Morgan fingerprint density at radius 1 is 1.16 bits per heavy atom. The average Bonchev–Trinajstić information content (AvgIpc) is 3.01. The maximum atomic E-state index is 12.9. The largest absolute Gasteiger partial charge is 0.383 e. The fourth-order valence-corrected chi connectivity index (χ4v) is 3.83. The van der Waals surface area contributed by atoms with Crippen LogP contribution in [-0.2, 0) is 10.0 Å². The predicted molar refractivity (Wildman–Crippen MR) is 95.9 cm³/mol. The summed E-state index contributed by atoms with van der Waals surface area (Å²) < 4.78 is 27.0. The maximum absolute atomic E-state index is 12.9. The van der Waals surface area contributed by atoms with Crippen molar-refractivity contribution in [1.82, 2.24) is 13.9 Å². The Morgan fingerprint density at radius 3 is 2.56 bits per heavy atom. The van der Waals surface area contributed by atoms with Gasteiger partial charge >= 0.3 is 0 Å². The summed E-state index contributed by atoms with van der Waals surface area (Å²) in [5, 5.41) is 0.544. The molecule has 25 heavy (non-hydrogen) atoms. The Hall–Kier alpha value is -2.93. The number of hydrogen-bond donors (Lipinski definition) is 0. The number of carbonyl (C=O) groups excluding carboxylic acids is 1. The lowest BCUT2D eigenvalue weighted by molar-refractivity contribution is 0.104. The van der Waals surface area contributed by atoms with Gasteiger partial charge in [0.1, 0.15) is 0 Å². The Kier molecular flexibility index (Phi) is 4.41. The molecule has 0 aliphatic carbocycles. The SMILES string of the molecule is CN(C)C=CC(=O)c1cn(S(=O)(=O)c2ccccc2)c2cnccc12. The molecule has 0 bridgehead atoms. The molecule has 0 fully saturated rings. The summed E-state index contributed by atoms with van der Waals surface area (Å²) in [6, 6.07) is 9.74. The highest BCUT2D eigenvalue weighted by Crippen LogP contribution is 2.25. The number of rotatable bonds is 5. The molecule has 1 aromatic carbocycles. The van der Waals surface area contributed by atoms with Crippen molar-refractivity contribution in [1.29, 1.82) is 0 Å². The molecule has 3 aromatic rings. The normalized spacial score (nSPS) is 11.9. The first-order valence-electron chi connectivity index (χ1n) is 7.56. The molecule has 0 atom stereocenters. The smallest absolute Gasteiger partial charge is 0.268 e. The number of aromatic nitrogens is 2. The van der Waals surface area contributed by atoms with Gasteiger partial charge in [0.15, 0.2) is 5.78 Å². The highest BCUT2D eigenvalue weighted by atomic mass is 32.2. The number of benzene rings is 1. The lowest BCUT2D eigenvalue weighted by atomic mass is 10.1. The van der Waals surface area contributed by atoms with E-state index < -0.39 is 10.0 Å². The molecule has 0 spiro atoms. The van der Waals surface area contributed by atoms with Crippen LogP contribution in [0.25, 0.3) is 10.9 Å². The standard InChI is InChI=1S/C18H17N3O3S/c1-20(2)11-9-18(22)16-13-21(17-12-19-10-8-15(16)17)25(23,24)14-6-4-3-5-7-14/h3-13H,1-2H3. The molecule has 0 unspecified atom stereocenters. The molecule has 3 rings (SSSR count). The minimum Gasteiger partial charge on any atom is -0.383 e. The van der Waals surface area contributed by atoms with Crippen LogP contribution in [-0.4, -0.2) is 42.2 Å². The van der Waals surface area contributed by atoms with Crippen LogP contribution < -0.4 is 0 Å².